The normalized spacial score (nSPS) is 27.4. The molecule has 1 heterocycles. The molecule has 7 heteroatoms. The van der Waals surface area contributed by atoms with Crippen molar-refractivity contribution in [2.75, 3.05) is 0 Å². The smallest absolute Gasteiger partial charge is 1.00 e. The number of ether oxygens (including phenoxy) is 2. The largest absolute Gasteiger partial charge is 1.00 e. The molecule has 0 radical (unpaired) electrons. The molecule has 2 atom stereocenters. The third kappa shape index (κ3) is 3.16. The second-order valence-electron chi connectivity index (χ2n) is 3.75. The van der Waals surface area contributed by atoms with Crippen LogP contribution >= 0.6 is 15.9 Å². The molecule has 3 aliphatic rings. The molecular weight excluding hydrogens is 442 g/mol. The summed E-state index contributed by atoms with van der Waals surface area (Å²) in [6.07, 6.45) is 6.47. The maximum absolute atomic E-state index is 5.68. The molecule has 1 aliphatic heterocycles. The first kappa shape index (κ1) is 19.0. The van der Waals surface area contributed by atoms with E-state index in [0.29, 0.717) is 0 Å². The van der Waals surface area contributed by atoms with Crippen molar-refractivity contribution < 1.29 is 71.4 Å². The topological polar surface area (TPSA) is 18.5 Å². The second-order valence-corrected chi connectivity index (χ2v) is 5.70. The van der Waals surface area contributed by atoms with Crippen molar-refractivity contribution in [2.45, 2.75) is 17.0 Å². The van der Waals surface area contributed by atoms with Crippen LogP contribution in [0.25, 0.3) is 0 Å². The fourth-order valence-electron chi connectivity index (χ4n) is 2.00. The summed E-state index contributed by atoms with van der Waals surface area (Å²) < 4.78 is 12.3. The Hall–Kier alpha value is 0.953. The van der Waals surface area contributed by atoms with Gasteiger partial charge in [0.1, 0.15) is 0 Å². The molecule has 18 heavy (non-hydrogen) atoms. The van der Waals surface area contributed by atoms with Gasteiger partial charge in [-0.25, -0.2) is 0 Å². The Morgan fingerprint density at radius 2 is 1.89 bits per heavy atom. The van der Waals surface area contributed by atoms with E-state index in [1.54, 1.807) is 0 Å². The summed E-state index contributed by atoms with van der Waals surface area (Å²) in [6.45, 7) is 2.10. The maximum atomic E-state index is 5.68. The molecule has 1 saturated heterocycles. The van der Waals surface area contributed by atoms with Crippen molar-refractivity contribution in [2.24, 2.45) is 0 Å². The molecule has 0 amide bonds. The van der Waals surface area contributed by atoms with Gasteiger partial charge >= 0.3 is 112 Å². The summed E-state index contributed by atoms with van der Waals surface area (Å²) >= 11 is 4.85. The quantitative estimate of drug-likeness (QED) is 0.366. The average Bonchev–Trinajstić information content (AvgIpc) is 2.69. The second kappa shape index (κ2) is 7.10. The predicted molar refractivity (Wildman–Crippen MR) is 55.6 cm³/mol. The minimum Gasteiger partial charge on any atom is -1.00 e. The van der Waals surface area contributed by atoms with Crippen LogP contribution in [0.1, 0.15) is 6.92 Å². The summed E-state index contributed by atoms with van der Waals surface area (Å²) in [5, 5.41) is 0. The Morgan fingerprint density at radius 3 is 2.56 bits per heavy atom. The summed E-state index contributed by atoms with van der Waals surface area (Å²) in [7, 11) is 0. The summed E-state index contributed by atoms with van der Waals surface area (Å²) in [5.74, 6) is 0.926. The zero-order valence-electron chi connectivity index (χ0n) is 9.22. The van der Waals surface area contributed by atoms with Gasteiger partial charge < -0.3 is 37.2 Å². The zero-order chi connectivity index (χ0) is 10.6. The van der Waals surface area contributed by atoms with Crippen LogP contribution in [0.2, 0.25) is 0 Å². The molecule has 2 nitrogen and oxygen atoms in total. The molecular formula is C11H8BrCl3O2Zr. The van der Waals surface area contributed by atoms with Crippen LogP contribution in [-0.4, -0.2) is 10.1 Å². The van der Waals surface area contributed by atoms with Gasteiger partial charge in [-0.05, 0) is 0 Å². The Morgan fingerprint density at radius 1 is 1.22 bits per heavy atom. The molecule has 1 fully saturated rings. The number of hydrogen-bond donors (Lipinski definition) is 0. The van der Waals surface area contributed by atoms with Crippen LogP contribution in [0.4, 0.5) is 0 Å². The standard InChI is InChI=1S/C11H8BrO2.3ClH.Zr/c1-6-2-7-4-9-11(14-5-13-9)10(12)8(7)3-6;;;;/h2-5,9H,1H3;3*1H;/q;;;;+3/p-3. The Kier molecular flexibility index (Phi) is 7.48. The molecule has 2 unspecified atom stereocenters. The zero-order valence-corrected chi connectivity index (χ0v) is 15.5. The van der Waals surface area contributed by atoms with E-state index in [1.165, 1.54) is 41.4 Å². The Bertz CT molecular complexity index is 471. The number of rotatable bonds is 0. The van der Waals surface area contributed by atoms with E-state index in [2.05, 4.69) is 41.1 Å². The van der Waals surface area contributed by atoms with Crippen molar-refractivity contribution >= 4 is 15.9 Å². The van der Waals surface area contributed by atoms with Gasteiger partial charge in [-0.1, -0.05) is 0 Å². The van der Waals surface area contributed by atoms with Crippen molar-refractivity contribution in [3.8, 4) is 0 Å². The number of halogens is 4. The summed E-state index contributed by atoms with van der Waals surface area (Å²) in [5.41, 5.74) is 3.72. The van der Waals surface area contributed by atoms with Gasteiger partial charge in [0.2, 0.25) is 0 Å². The molecule has 2 aliphatic carbocycles. The molecule has 0 aromatic rings. The van der Waals surface area contributed by atoms with E-state index < -0.39 is 0 Å². The van der Waals surface area contributed by atoms with E-state index in [1.807, 2.05) is 0 Å². The molecule has 0 N–H and O–H groups in total. The van der Waals surface area contributed by atoms with Crippen molar-refractivity contribution in [3.63, 3.8) is 0 Å². The van der Waals surface area contributed by atoms with Gasteiger partial charge in [0.05, 0.1) is 0 Å². The van der Waals surface area contributed by atoms with Gasteiger partial charge in [0, 0.05) is 0 Å². The SMILES string of the molecule is CC1=CC2=CC3O[CH]([Zr+3])OC3=C(Br)C2=C1.[Cl-].[Cl-].[Cl-]. The van der Waals surface area contributed by atoms with Crippen molar-refractivity contribution in [1.29, 1.82) is 0 Å². The Labute approximate surface area is 148 Å². The molecule has 96 valence electrons. The van der Waals surface area contributed by atoms with Crippen LogP contribution in [0.3, 0.4) is 0 Å². The van der Waals surface area contributed by atoms with E-state index in [-0.39, 0.29) is 47.3 Å². The summed E-state index contributed by atoms with van der Waals surface area (Å²) in [6, 6.07) is 0. The number of hydrogen-bond acceptors (Lipinski definition) is 2. The van der Waals surface area contributed by atoms with E-state index in [0.717, 1.165) is 10.2 Å². The van der Waals surface area contributed by atoms with Gasteiger partial charge in [-0.2, -0.15) is 0 Å². The van der Waals surface area contributed by atoms with Gasteiger partial charge in [0.25, 0.3) is 0 Å². The fourth-order valence-corrected chi connectivity index (χ4v) is 3.33. The van der Waals surface area contributed by atoms with Crippen LogP contribution in [-0.2, 0) is 34.2 Å². The van der Waals surface area contributed by atoms with Crippen LogP contribution in [0, 0.1) is 0 Å². The first-order valence-corrected chi connectivity index (χ1v) is 6.92. The molecule has 0 aromatic carbocycles. The number of fused-ring (bicyclic) bond motifs is 2. The molecule has 3 rings (SSSR count). The average molecular weight is 450 g/mol. The molecule has 0 aromatic heterocycles. The van der Waals surface area contributed by atoms with Crippen LogP contribution in [0.15, 0.2) is 45.2 Å². The van der Waals surface area contributed by atoms with Crippen molar-refractivity contribution in [1.82, 2.24) is 0 Å². The third-order valence-corrected chi connectivity index (χ3v) is 4.05. The predicted octanol–water partition coefficient (Wildman–Crippen LogP) is -6.32. The summed E-state index contributed by atoms with van der Waals surface area (Å²) in [4.78, 5) is 0. The van der Waals surface area contributed by atoms with Gasteiger partial charge in [0.15, 0.2) is 0 Å². The third-order valence-electron chi connectivity index (χ3n) is 2.61. The maximum Gasteiger partial charge on any atom is -1.00 e. The molecule has 0 bridgehead atoms. The van der Waals surface area contributed by atoms with Crippen molar-refractivity contribution in [3.05, 3.63) is 45.2 Å². The van der Waals surface area contributed by atoms with Gasteiger partial charge in [-0.3, -0.25) is 0 Å². The minimum absolute atomic E-state index is 0. The monoisotopic (exact) mass is 446 g/mol. The number of allylic oxidation sites excluding steroid dienone is 6. The molecule has 0 spiro atoms. The first-order chi connectivity index (χ1) is 7.15. The molecule has 0 saturated carbocycles. The van der Waals surface area contributed by atoms with E-state index in [9.17, 15) is 0 Å². The van der Waals surface area contributed by atoms with Crippen LogP contribution < -0.4 is 37.2 Å². The Balaban J connectivity index is 0.000000963. The van der Waals surface area contributed by atoms with E-state index >= 15 is 0 Å². The van der Waals surface area contributed by atoms with Gasteiger partial charge in [-0.15, -0.1) is 0 Å². The minimum atomic E-state index is -0.0638. The fraction of sp³-hybridized carbons (Fsp3) is 0.273. The first-order valence-electron chi connectivity index (χ1n) is 4.70. The van der Waals surface area contributed by atoms with Crippen LogP contribution in [0.5, 0.6) is 0 Å². The van der Waals surface area contributed by atoms with E-state index in [4.69, 9.17) is 9.47 Å².